The van der Waals surface area contributed by atoms with Gasteiger partial charge in [-0.1, -0.05) is 11.6 Å². The van der Waals surface area contributed by atoms with Crippen molar-refractivity contribution in [3.05, 3.63) is 106 Å². The van der Waals surface area contributed by atoms with Crippen LogP contribution in [-0.2, 0) is 9.47 Å². The molecule has 0 amide bonds. The monoisotopic (exact) mass is 971 g/mol. The molecule has 0 bridgehead atoms. The highest BCUT2D eigenvalue weighted by Gasteiger charge is 2.27. The number of nitrogens with one attached hydrogen (secondary N) is 4. The van der Waals surface area contributed by atoms with Gasteiger partial charge in [-0.25, -0.2) is 19.6 Å². The van der Waals surface area contributed by atoms with E-state index >= 15 is 0 Å². The number of benzene rings is 4. The Morgan fingerprint density at radius 1 is 0.671 bits per heavy atom. The third-order valence-corrected chi connectivity index (χ3v) is 12.5. The first kappa shape index (κ1) is 47.3. The number of methoxy groups -OCH3 is 3. The van der Waals surface area contributed by atoms with Crippen LogP contribution in [0, 0.1) is 13.8 Å². The number of ether oxygens (including phenoxy) is 6. The topological polar surface area (TPSA) is 199 Å². The number of halogens is 1. The van der Waals surface area contributed by atoms with Crippen LogP contribution in [-0.4, -0.2) is 117 Å². The van der Waals surface area contributed by atoms with Gasteiger partial charge in [-0.2, -0.15) is 9.97 Å². The van der Waals surface area contributed by atoms with E-state index in [2.05, 4.69) is 45.9 Å². The molecular formula is C50H54ClN11O8. The van der Waals surface area contributed by atoms with Crippen LogP contribution in [0.25, 0.3) is 0 Å². The van der Waals surface area contributed by atoms with Crippen molar-refractivity contribution in [2.75, 3.05) is 112 Å². The largest absolute Gasteiger partial charge is 0.495 e. The molecule has 0 aliphatic carbocycles. The van der Waals surface area contributed by atoms with E-state index in [0.29, 0.717) is 113 Å². The summed E-state index contributed by atoms with van der Waals surface area (Å²) in [5, 5.41) is 13.8. The van der Waals surface area contributed by atoms with E-state index in [0.717, 1.165) is 47.8 Å². The first-order valence-electron chi connectivity index (χ1n) is 22.9. The fraction of sp³-hybridized carbons (Fsp3) is 0.320. The maximum absolute atomic E-state index is 13.3. The van der Waals surface area contributed by atoms with Crippen LogP contribution in [0.1, 0.15) is 44.7 Å². The van der Waals surface area contributed by atoms with Crippen LogP contribution < -0.4 is 50.0 Å². The molecule has 6 aromatic rings. The predicted octanol–water partition coefficient (Wildman–Crippen LogP) is 8.62. The Balaban J connectivity index is 0.872. The lowest BCUT2D eigenvalue weighted by Crippen LogP contribution is -2.47. The van der Waals surface area contributed by atoms with E-state index in [4.69, 9.17) is 50.0 Å². The Bertz CT molecular complexity index is 2890. The number of rotatable bonds is 17. The Kier molecular flexibility index (Phi) is 14.4. The van der Waals surface area contributed by atoms with Crippen molar-refractivity contribution in [2.45, 2.75) is 26.7 Å². The van der Waals surface area contributed by atoms with Crippen molar-refractivity contribution in [3.8, 4) is 23.0 Å². The van der Waals surface area contributed by atoms with Gasteiger partial charge in [0.05, 0.1) is 43.3 Å². The molecule has 0 unspecified atom stereocenters. The van der Waals surface area contributed by atoms with E-state index in [-0.39, 0.29) is 6.79 Å². The van der Waals surface area contributed by atoms with Gasteiger partial charge in [0, 0.05) is 91.1 Å². The fourth-order valence-electron chi connectivity index (χ4n) is 8.45. The van der Waals surface area contributed by atoms with Crippen LogP contribution in [0.2, 0.25) is 5.02 Å². The number of carbonyl (C=O) groups is 2. The van der Waals surface area contributed by atoms with Crippen LogP contribution in [0.5, 0.6) is 23.0 Å². The minimum atomic E-state index is -0.505. The molecule has 2 aromatic heterocycles. The number of nitrogens with zero attached hydrogens (tertiary/aromatic N) is 7. The molecule has 0 atom stereocenters. The number of carbonyl (C=O) groups excluding carboxylic acids is 2. The molecule has 0 radical (unpaired) electrons. The van der Waals surface area contributed by atoms with Gasteiger partial charge in [-0.05, 0) is 94.4 Å². The van der Waals surface area contributed by atoms with Crippen molar-refractivity contribution in [1.29, 1.82) is 0 Å². The summed E-state index contributed by atoms with van der Waals surface area (Å²) < 4.78 is 33.6. The summed E-state index contributed by atoms with van der Waals surface area (Å²) in [6.45, 7) is 9.78. The molecule has 0 saturated carbocycles. The van der Waals surface area contributed by atoms with Crippen molar-refractivity contribution in [1.82, 2.24) is 24.8 Å². The lowest BCUT2D eigenvalue weighted by atomic mass is 10.1. The van der Waals surface area contributed by atoms with Gasteiger partial charge in [0.15, 0.2) is 11.5 Å². The number of aromatic nitrogens is 4. The zero-order chi connectivity index (χ0) is 48.7. The average Bonchev–Trinajstić information content (AvgIpc) is 4.10. The SMILES string of the molecule is COC(=O)c1cc(Nc2ncc(C)c(Nc3cc(N4CCN(c5ccc(Nc6ncc(C)c(Nc7ccc(Cl)c(OC)c7)n6)cc5C(=O)OC)CC4)cc4c3OCO4)n2)ccc1OCCN1CCCC1. The van der Waals surface area contributed by atoms with Gasteiger partial charge >= 0.3 is 11.9 Å². The maximum atomic E-state index is 13.3. The van der Waals surface area contributed by atoms with Gasteiger partial charge in [-0.3, -0.25) is 4.90 Å². The van der Waals surface area contributed by atoms with Gasteiger partial charge in [0.25, 0.3) is 0 Å². The number of aryl methyl sites for hydroxylation is 2. The Morgan fingerprint density at radius 3 is 1.97 bits per heavy atom. The van der Waals surface area contributed by atoms with E-state index in [1.54, 1.807) is 49.8 Å². The summed E-state index contributed by atoms with van der Waals surface area (Å²) in [5.41, 5.74) is 6.61. The number of likely N-dealkylation sites (tertiary alicyclic amines) is 1. The highest BCUT2D eigenvalue weighted by molar-refractivity contribution is 6.32. The molecule has 5 heterocycles. The predicted molar refractivity (Wildman–Crippen MR) is 268 cm³/mol. The van der Waals surface area contributed by atoms with Crippen molar-refractivity contribution < 1.29 is 38.0 Å². The quantitative estimate of drug-likeness (QED) is 0.0633. The number of fused-ring (bicyclic) bond motifs is 1. The normalized spacial score (nSPS) is 14.3. The lowest BCUT2D eigenvalue weighted by Gasteiger charge is -2.38. The molecule has 3 aliphatic heterocycles. The summed E-state index contributed by atoms with van der Waals surface area (Å²) >= 11 is 6.23. The zero-order valence-corrected chi connectivity index (χ0v) is 40.3. The second kappa shape index (κ2) is 21.3. The minimum Gasteiger partial charge on any atom is -0.495 e. The summed E-state index contributed by atoms with van der Waals surface area (Å²) in [6.07, 6.45) is 5.81. The molecule has 9 rings (SSSR count). The zero-order valence-electron chi connectivity index (χ0n) is 39.6. The first-order valence-corrected chi connectivity index (χ1v) is 23.3. The van der Waals surface area contributed by atoms with Crippen LogP contribution >= 0.6 is 11.6 Å². The number of piperazine rings is 1. The van der Waals surface area contributed by atoms with Crippen LogP contribution in [0.3, 0.4) is 0 Å². The Labute approximate surface area is 410 Å². The van der Waals surface area contributed by atoms with Gasteiger partial charge in [0.2, 0.25) is 18.7 Å². The molecule has 4 aromatic carbocycles. The van der Waals surface area contributed by atoms with Gasteiger partial charge < -0.3 is 59.5 Å². The number of anilines is 10. The Hall–Kier alpha value is -7.77. The molecule has 2 fully saturated rings. The Morgan fingerprint density at radius 2 is 1.29 bits per heavy atom. The van der Waals surface area contributed by atoms with E-state index in [1.165, 1.54) is 27.1 Å². The molecule has 20 heteroatoms. The molecule has 4 N–H and O–H groups in total. The number of hydrogen-bond acceptors (Lipinski definition) is 19. The minimum absolute atomic E-state index is 0.0750. The summed E-state index contributed by atoms with van der Waals surface area (Å²) in [4.78, 5) is 51.4. The van der Waals surface area contributed by atoms with Crippen LogP contribution in [0.4, 0.5) is 57.7 Å². The standard InChI is InChI=1S/C50H54ClN11O8/c1-30-27-52-49(58-45(30)54-34-8-11-38(51)42(24-34)65-3)55-32-9-12-40(36(22-32)47(63)66-4)62-18-16-61(17-19-62)35-25-39(44-43(26-35)69-29-70-44)57-46-31(2)28-53-50(59-46)56-33-10-13-41(37(23-33)48(64)67-5)68-21-20-60-14-6-7-15-60/h8-13,22-28H,6-7,14-21,29H2,1-5H3,(H2,52,54,55,58)(H2,53,56,57,59). The second-order valence-corrected chi connectivity index (χ2v) is 17.2. The number of hydrogen-bond donors (Lipinski definition) is 4. The van der Waals surface area contributed by atoms with Crippen molar-refractivity contribution >= 4 is 81.2 Å². The fourth-order valence-corrected chi connectivity index (χ4v) is 8.65. The molecule has 2 saturated heterocycles. The van der Waals surface area contributed by atoms with E-state index < -0.39 is 11.9 Å². The van der Waals surface area contributed by atoms with Crippen LogP contribution in [0.15, 0.2) is 79.1 Å². The molecule has 0 spiro atoms. The summed E-state index contributed by atoms with van der Waals surface area (Å²) in [6, 6.07) is 20.2. The molecule has 364 valence electrons. The van der Waals surface area contributed by atoms with E-state index in [1.807, 2.05) is 50.2 Å². The summed E-state index contributed by atoms with van der Waals surface area (Å²) in [5.74, 6) is 2.97. The van der Waals surface area contributed by atoms with Crippen molar-refractivity contribution in [2.24, 2.45) is 0 Å². The highest BCUT2D eigenvalue weighted by atomic mass is 35.5. The third kappa shape index (κ3) is 10.7. The van der Waals surface area contributed by atoms with Crippen molar-refractivity contribution in [3.63, 3.8) is 0 Å². The first-order chi connectivity index (χ1) is 34.0. The summed E-state index contributed by atoms with van der Waals surface area (Å²) in [7, 11) is 4.28. The second-order valence-electron chi connectivity index (χ2n) is 16.8. The third-order valence-electron chi connectivity index (χ3n) is 12.2. The molecular weight excluding hydrogens is 918 g/mol. The lowest BCUT2D eigenvalue weighted by molar-refractivity contribution is 0.0589. The van der Waals surface area contributed by atoms with Gasteiger partial charge in [0.1, 0.15) is 35.3 Å². The maximum Gasteiger partial charge on any atom is 0.341 e. The molecule has 70 heavy (non-hydrogen) atoms. The molecule has 19 nitrogen and oxygen atoms in total. The average molecular weight is 973 g/mol. The number of esters is 2. The van der Waals surface area contributed by atoms with E-state index in [9.17, 15) is 9.59 Å². The van der Waals surface area contributed by atoms with Gasteiger partial charge in [-0.15, -0.1) is 0 Å². The smallest absolute Gasteiger partial charge is 0.341 e. The highest BCUT2D eigenvalue weighted by Crippen LogP contribution is 2.45. The molecule has 3 aliphatic rings.